The molecule has 2 aromatic rings. The zero-order chi connectivity index (χ0) is 12.3. The Morgan fingerprint density at radius 3 is 2.65 bits per heavy atom. The fourth-order valence-corrected chi connectivity index (χ4v) is 2.61. The fraction of sp³-hybridized carbons (Fsp3) is 0.462. The first-order chi connectivity index (χ1) is 8.05. The lowest BCUT2D eigenvalue weighted by Crippen LogP contribution is -2.12. The van der Waals surface area contributed by atoms with Crippen LogP contribution in [0.1, 0.15) is 36.2 Å². The number of thiophene rings is 1. The van der Waals surface area contributed by atoms with Gasteiger partial charge in [0.2, 0.25) is 0 Å². The molecule has 2 N–H and O–H groups in total. The highest BCUT2D eigenvalue weighted by Gasteiger charge is 2.15. The Hall–Kier alpha value is -1.13. The third kappa shape index (κ3) is 3.41. The lowest BCUT2D eigenvalue weighted by molar-refractivity contribution is 0.604. The molecule has 2 rings (SSSR count). The van der Waals surface area contributed by atoms with E-state index in [1.165, 1.54) is 9.75 Å². The Labute approximate surface area is 106 Å². The summed E-state index contributed by atoms with van der Waals surface area (Å²) in [5, 5.41) is 10.3. The molecule has 0 aliphatic heterocycles. The Morgan fingerprint density at radius 2 is 2.06 bits per heavy atom. The number of rotatable bonds is 4. The second-order valence-electron chi connectivity index (χ2n) is 5.20. The van der Waals surface area contributed by atoms with Crippen LogP contribution in [0.4, 0.5) is 0 Å². The van der Waals surface area contributed by atoms with E-state index in [-0.39, 0.29) is 5.41 Å². The van der Waals surface area contributed by atoms with Gasteiger partial charge in [-0.05, 0) is 23.6 Å². The summed E-state index contributed by atoms with van der Waals surface area (Å²) in [5.74, 6) is 0. The highest BCUT2D eigenvalue weighted by Crippen LogP contribution is 2.29. The van der Waals surface area contributed by atoms with Crippen LogP contribution in [0.15, 0.2) is 24.4 Å². The van der Waals surface area contributed by atoms with Gasteiger partial charge in [-0.2, -0.15) is 5.10 Å². The lowest BCUT2D eigenvalue weighted by Gasteiger charge is -2.15. The number of hydrogen-bond acceptors (Lipinski definition) is 3. The van der Waals surface area contributed by atoms with E-state index in [2.05, 4.69) is 48.4 Å². The molecule has 0 aromatic carbocycles. The standard InChI is InChI=1S/C13H19N3S/c1-13(2,3)12-5-4-11(17-12)9-14-8-10-6-7-15-16-10/h4-7,14H,8-9H2,1-3H3,(H,15,16). The van der Waals surface area contributed by atoms with E-state index in [1.54, 1.807) is 6.20 Å². The van der Waals surface area contributed by atoms with Crippen LogP contribution in [0, 0.1) is 0 Å². The van der Waals surface area contributed by atoms with Crippen LogP contribution in [0.5, 0.6) is 0 Å². The van der Waals surface area contributed by atoms with E-state index in [9.17, 15) is 0 Å². The van der Waals surface area contributed by atoms with Crippen molar-refractivity contribution in [2.75, 3.05) is 0 Å². The van der Waals surface area contributed by atoms with Gasteiger partial charge in [-0.25, -0.2) is 0 Å². The normalized spacial score (nSPS) is 11.9. The third-order valence-corrected chi connectivity index (χ3v) is 4.08. The highest BCUT2D eigenvalue weighted by atomic mass is 32.1. The summed E-state index contributed by atoms with van der Waals surface area (Å²) in [6, 6.07) is 6.44. The van der Waals surface area contributed by atoms with Crippen molar-refractivity contribution in [3.63, 3.8) is 0 Å². The Kier molecular flexibility index (Phi) is 3.64. The number of aromatic nitrogens is 2. The summed E-state index contributed by atoms with van der Waals surface area (Å²) < 4.78 is 0. The van der Waals surface area contributed by atoms with Gasteiger partial charge in [0, 0.05) is 34.7 Å². The molecule has 0 saturated heterocycles. The van der Waals surface area contributed by atoms with Crippen LogP contribution < -0.4 is 5.32 Å². The summed E-state index contributed by atoms with van der Waals surface area (Å²) in [4.78, 5) is 2.82. The van der Waals surface area contributed by atoms with Crippen molar-refractivity contribution in [2.24, 2.45) is 0 Å². The average molecular weight is 249 g/mol. The smallest absolute Gasteiger partial charge is 0.0490 e. The molecule has 0 amide bonds. The van der Waals surface area contributed by atoms with E-state index in [4.69, 9.17) is 0 Å². The second kappa shape index (κ2) is 5.02. The van der Waals surface area contributed by atoms with Crippen LogP contribution in [0.25, 0.3) is 0 Å². The molecule has 2 heterocycles. The molecule has 0 bridgehead atoms. The van der Waals surface area contributed by atoms with Gasteiger partial charge in [-0.3, -0.25) is 5.10 Å². The maximum atomic E-state index is 3.92. The van der Waals surface area contributed by atoms with Gasteiger partial charge < -0.3 is 5.32 Å². The molecule has 92 valence electrons. The van der Waals surface area contributed by atoms with E-state index in [1.807, 2.05) is 17.4 Å². The minimum Gasteiger partial charge on any atom is -0.306 e. The second-order valence-corrected chi connectivity index (χ2v) is 6.37. The van der Waals surface area contributed by atoms with E-state index in [0.717, 1.165) is 18.8 Å². The van der Waals surface area contributed by atoms with Crippen LogP contribution in [0.2, 0.25) is 0 Å². The maximum absolute atomic E-state index is 3.92. The zero-order valence-corrected chi connectivity index (χ0v) is 11.4. The molecule has 4 heteroatoms. The molecule has 0 aliphatic carbocycles. The van der Waals surface area contributed by atoms with Gasteiger partial charge >= 0.3 is 0 Å². The molecule has 0 unspecified atom stereocenters. The third-order valence-electron chi connectivity index (χ3n) is 2.57. The molecule has 0 fully saturated rings. The number of aromatic amines is 1. The van der Waals surface area contributed by atoms with Crippen LogP contribution in [0.3, 0.4) is 0 Å². The average Bonchev–Trinajstić information content (AvgIpc) is 2.86. The molecule has 0 saturated carbocycles. The van der Waals surface area contributed by atoms with Gasteiger partial charge in [-0.15, -0.1) is 11.3 Å². The summed E-state index contributed by atoms with van der Waals surface area (Å²) in [7, 11) is 0. The van der Waals surface area contributed by atoms with Gasteiger partial charge in [0.15, 0.2) is 0 Å². The first kappa shape index (κ1) is 12.3. The Bertz CT molecular complexity index is 451. The van der Waals surface area contributed by atoms with Crippen LogP contribution in [-0.4, -0.2) is 10.2 Å². The molecule has 3 nitrogen and oxygen atoms in total. The fourth-order valence-electron chi connectivity index (χ4n) is 1.58. The zero-order valence-electron chi connectivity index (χ0n) is 10.6. The molecule has 2 aromatic heterocycles. The number of hydrogen-bond donors (Lipinski definition) is 2. The van der Waals surface area contributed by atoms with Gasteiger partial charge in [0.05, 0.1) is 0 Å². The Balaban J connectivity index is 1.85. The highest BCUT2D eigenvalue weighted by molar-refractivity contribution is 7.12. The van der Waals surface area contributed by atoms with Gasteiger partial charge in [0.1, 0.15) is 0 Å². The lowest BCUT2D eigenvalue weighted by atomic mass is 9.95. The summed E-state index contributed by atoms with van der Waals surface area (Å²) in [6.07, 6.45) is 1.78. The van der Waals surface area contributed by atoms with Crippen molar-refractivity contribution in [3.05, 3.63) is 39.8 Å². The van der Waals surface area contributed by atoms with Crippen molar-refractivity contribution in [1.82, 2.24) is 15.5 Å². The topological polar surface area (TPSA) is 40.7 Å². The van der Waals surface area contributed by atoms with Gasteiger partial charge in [0.25, 0.3) is 0 Å². The van der Waals surface area contributed by atoms with Crippen molar-refractivity contribution in [2.45, 2.75) is 39.3 Å². The predicted octanol–water partition coefficient (Wildman–Crippen LogP) is 3.06. The molecule has 0 aliphatic rings. The summed E-state index contributed by atoms with van der Waals surface area (Å²) in [5.41, 5.74) is 1.38. The van der Waals surface area contributed by atoms with Gasteiger partial charge in [-0.1, -0.05) is 20.8 Å². The monoisotopic (exact) mass is 249 g/mol. The Morgan fingerprint density at radius 1 is 1.24 bits per heavy atom. The largest absolute Gasteiger partial charge is 0.306 e. The summed E-state index contributed by atoms with van der Waals surface area (Å²) >= 11 is 1.89. The minimum absolute atomic E-state index is 0.256. The first-order valence-electron chi connectivity index (χ1n) is 5.84. The van der Waals surface area contributed by atoms with Crippen LogP contribution in [-0.2, 0) is 18.5 Å². The number of nitrogens with one attached hydrogen (secondary N) is 2. The predicted molar refractivity (Wildman–Crippen MR) is 72.2 cm³/mol. The molecule has 0 radical (unpaired) electrons. The van der Waals surface area contributed by atoms with Crippen molar-refractivity contribution < 1.29 is 0 Å². The van der Waals surface area contributed by atoms with Crippen molar-refractivity contribution in [3.8, 4) is 0 Å². The van der Waals surface area contributed by atoms with Crippen LogP contribution >= 0.6 is 11.3 Å². The molecular formula is C13H19N3S. The van der Waals surface area contributed by atoms with E-state index >= 15 is 0 Å². The number of H-pyrrole nitrogens is 1. The van der Waals surface area contributed by atoms with E-state index < -0.39 is 0 Å². The SMILES string of the molecule is CC(C)(C)c1ccc(CNCc2ccn[nH]2)s1. The number of nitrogens with zero attached hydrogens (tertiary/aromatic N) is 1. The van der Waals surface area contributed by atoms with Crippen molar-refractivity contribution >= 4 is 11.3 Å². The summed E-state index contributed by atoms with van der Waals surface area (Å²) in [6.45, 7) is 8.50. The molecule has 0 spiro atoms. The first-order valence-corrected chi connectivity index (χ1v) is 6.65. The minimum atomic E-state index is 0.256. The molecule has 0 atom stereocenters. The quantitative estimate of drug-likeness (QED) is 0.874. The molecule has 17 heavy (non-hydrogen) atoms. The maximum Gasteiger partial charge on any atom is 0.0490 e. The van der Waals surface area contributed by atoms with Crippen molar-refractivity contribution in [1.29, 1.82) is 0 Å². The molecular weight excluding hydrogens is 230 g/mol. The van der Waals surface area contributed by atoms with E-state index in [0.29, 0.717) is 0 Å².